The predicted octanol–water partition coefficient (Wildman–Crippen LogP) is 11.8. The second-order valence-corrected chi connectivity index (χ2v) is 13.0. The van der Waals surface area contributed by atoms with E-state index < -0.39 is 0 Å². The van der Waals surface area contributed by atoms with Gasteiger partial charge in [0.2, 0.25) is 0 Å². The molecule has 0 N–H and O–H groups in total. The summed E-state index contributed by atoms with van der Waals surface area (Å²) in [6, 6.07) is 60.6. The maximum atomic E-state index is 5.47. The quantitative estimate of drug-likeness (QED) is 0.193. The van der Waals surface area contributed by atoms with Crippen LogP contribution in [0, 0.1) is 0 Å². The highest BCUT2D eigenvalue weighted by molar-refractivity contribution is 6.19. The topological polar surface area (TPSA) is 35.6 Å². The average Bonchev–Trinajstić information content (AvgIpc) is 3.68. The zero-order valence-electron chi connectivity index (χ0n) is 27.0. The lowest BCUT2D eigenvalue weighted by Crippen LogP contribution is -2.04. The number of aromatic nitrogens is 4. The zero-order chi connectivity index (χ0) is 32.8. The van der Waals surface area contributed by atoms with E-state index >= 15 is 0 Å². The van der Waals surface area contributed by atoms with E-state index in [4.69, 9.17) is 9.97 Å². The lowest BCUT2D eigenvalue weighted by Gasteiger charge is -2.15. The molecule has 232 valence electrons. The monoisotopic (exact) mass is 636 g/mol. The number of hydrogen-bond acceptors (Lipinski definition) is 2. The minimum Gasteiger partial charge on any atom is -0.309 e. The van der Waals surface area contributed by atoms with E-state index in [9.17, 15) is 0 Å². The van der Waals surface area contributed by atoms with Gasteiger partial charge in [0.15, 0.2) is 5.82 Å². The van der Waals surface area contributed by atoms with E-state index in [1.165, 1.54) is 48.7 Å². The van der Waals surface area contributed by atoms with Crippen LogP contribution < -0.4 is 0 Å². The first-order valence-electron chi connectivity index (χ1n) is 17.0. The molecule has 0 amide bonds. The second kappa shape index (κ2) is 10.4. The Bertz CT molecular complexity index is 3110. The normalized spacial score (nSPS) is 12.0. The van der Waals surface area contributed by atoms with E-state index in [-0.39, 0.29) is 0 Å². The van der Waals surface area contributed by atoms with Crippen LogP contribution in [-0.2, 0) is 0 Å². The minimum absolute atomic E-state index is 0.815. The predicted molar refractivity (Wildman–Crippen MR) is 209 cm³/mol. The van der Waals surface area contributed by atoms with Crippen molar-refractivity contribution in [1.82, 2.24) is 19.1 Å². The first-order chi connectivity index (χ1) is 24.8. The SMILES string of the molecule is c1ccc2cc3c(cc2c1)c1c(-n2c4ccccc4c4ccccc42)cccc1n3-c1nc2ccccc2nc1-c1cccc2ccccc12. The summed E-state index contributed by atoms with van der Waals surface area (Å²) in [7, 11) is 0. The van der Waals surface area contributed by atoms with Crippen molar-refractivity contribution in [3.63, 3.8) is 0 Å². The molecule has 0 unspecified atom stereocenters. The van der Waals surface area contributed by atoms with Gasteiger partial charge < -0.3 is 4.57 Å². The van der Waals surface area contributed by atoms with Crippen LogP contribution in [0.15, 0.2) is 170 Å². The molecule has 3 heterocycles. The lowest BCUT2D eigenvalue weighted by molar-refractivity contribution is 1.08. The van der Waals surface area contributed by atoms with Crippen molar-refractivity contribution in [1.29, 1.82) is 0 Å². The Morgan fingerprint density at radius 3 is 1.68 bits per heavy atom. The molecule has 0 aliphatic rings. The summed E-state index contributed by atoms with van der Waals surface area (Å²) in [5, 5.41) is 9.55. The Labute approximate surface area is 287 Å². The van der Waals surface area contributed by atoms with Crippen LogP contribution in [-0.4, -0.2) is 19.1 Å². The summed E-state index contributed by atoms with van der Waals surface area (Å²) in [5.74, 6) is 0.815. The van der Waals surface area contributed by atoms with Gasteiger partial charge in [0.1, 0.15) is 5.69 Å². The first-order valence-corrected chi connectivity index (χ1v) is 17.0. The molecule has 0 aliphatic heterocycles. The second-order valence-electron chi connectivity index (χ2n) is 13.0. The number of para-hydroxylation sites is 4. The van der Waals surface area contributed by atoms with Crippen molar-refractivity contribution < 1.29 is 0 Å². The largest absolute Gasteiger partial charge is 0.309 e. The summed E-state index contributed by atoms with van der Waals surface area (Å²) >= 11 is 0. The Hall–Kier alpha value is -6.78. The van der Waals surface area contributed by atoms with Crippen molar-refractivity contribution in [2.24, 2.45) is 0 Å². The van der Waals surface area contributed by atoms with Gasteiger partial charge in [-0.25, -0.2) is 9.97 Å². The van der Waals surface area contributed by atoms with Crippen molar-refractivity contribution in [3.8, 4) is 22.8 Å². The van der Waals surface area contributed by atoms with Crippen LogP contribution in [0.25, 0.3) is 99.0 Å². The molecule has 11 rings (SSSR count). The van der Waals surface area contributed by atoms with Crippen LogP contribution in [0.4, 0.5) is 0 Å². The van der Waals surface area contributed by atoms with Crippen LogP contribution in [0.2, 0.25) is 0 Å². The van der Waals surface area contributed by atoms with Crippen molar-refractivity contribution in [2.75, 3.05) is 0 Å². The van der Waals surface area contributed by atoms with Crippen molar-refractivity contribution in [2.45, 2.75) is 0 Å². The highest BCUT2D eigenvalue weighted by atomic mass is 15.1. The molecular weight excluding hydrogens is 609 g/mol. The molecule has 4 heteroatoms. The smallest absolute Gasteiger partial charge is 0.165 e. The Balaban J connectivity index is 1.34. The molecule has 8 aromatic carbocycles. The van der Waals surface area contributed by atoms with Crippen LogP contribution in [0.1, 0.15) is 0 Å². The van der Waals surface area contributed by atoms with E-state index in [0.717, 1.165) is 50.2 Å². The molecule has 50 heavy (non-hydrogen) atoms. The molecule has 0 saturated carbocycles. The highest BCUT2D eigenvalue weighted by Crippen LogP contribution is 2.43. The molecule has 0 fully saturated rings. The molecule has 11 aromatic rings. The molecule has 0 atom stereocenters. The first kappa shape index (κ1) is 27.2. The number of nitrogens with zero attached hydrogens (tertiary/aromatic N) is 4. The molecule has 4 nitrogen and oxygen atoms in total. The molecular formula is C46H28N4. The van der Waals surface area contributed by atoms with Crippen LogP contribution >= 0.6 is 0 Å². The standard InChI is InChI=1S/C46H28N4/c1-2-15-31-28-43-36(27-30(31)14-1)44-41(49-39-23-9-5-18-33(39)34-19-6-10-24-40(34)49)25-12-26-42(44)50(43)46-45(47-37-21-7-8-22-38(37)48-46)35-20-11-16-29-13-3-4-17-32(29)35/h1-28H. The third-order valence-electron chi connectivity index (χ3n) is 10.3. The molecule has 3 aromatic heterocycles. The number of fused-ring (bicyclic) bond motifs is 9. The number of benzene rings is 8. The van der Waals surface area contributed by atoms with E-state index in [1.54, 1.807) is 0 Å². The van der Waals surface area contributed by atoms with Crippen molar-refractivity contribution in [3.05, 3.63) is 170 Å². The van der Waals surface area contributed by atoms with Gasteiger partial charge in [-0.05, 0) is 70.1 Å². The lowest BCUT2D eigenvalue weighted by atomic mass is 10.0. The fraction of sp³-hybridized carbons (Fsp3) is 0. The number of hydrogen-bond donors (Lipinski definition) is 0. The van der Waals surface area contributed by atoms with Gasteiger partial charge in [0, 0.05) is 27.1 Å². The highest BCUT2D eigenvalue weighted by Gasteiger charge is 2.23. The van der Waals surface area contributed by atoms with Gasteiger partial charge in [-0.15, -0.1) is 0 Å². The zero-order valence-corrected chi connectivity index (χ0v) is 27.0. The molecule has 0 radical (unpaired) electrons. The van der Waals surface area contributed by atoms with Gasteiger partial charge in [-0.1, -0.05) is 121 Å². The van der Waals surface area contributed by atoms with Gasteiger partial charge >= 0.3 is 0 Å². The summed E-state index contributed by atoms with van der Waals surface area (Å²) in [6.45, 7) is 0. The third kappa shape index (κ3) is 3.81. The maximum absolute atomic E-state index is 5.47. The van der Waals surface area contributed by atoms with E-state index in [1.807, 2.05) is 12.1 Å². The van der Waals surface area contributed by atoms with Gasteiger partial charge in [0.05, 0.1) is 38.8 Å². The minimum atomic E-state index is 0.815. The van der Waals surface area contributed by atoms with Crippen LogP contribution in [0.3, 0.4) is 0 Å². The average molecular weight is 637 g/mol. The fourth-order valence-electron chi connectivity index (χ4n) is 8.09. The molecule has 0 aliphatic carbocycles. The molecule has 0 spiro atoms. The Morgan fingerprint density at radius 1 is 0.360 bits per heavy atom. The Morgan fingerprint density at radius 2 is 0.920 bits per heavy atom. The maximum Gasteiger partial charge on any atom is 0.165 e. The van der Waals surface area contributed by atoms with E-state index in [2.05, 4.69) is 167 Å². The fourth-order valence-corrected chi connectivity index (χ4v) is 8.09. The third-order valence-corrected chi connectivity index (χ3v) is 10.3. The molecule has 0 saturated heterocycles. The van der Waals surface area contributed by atoms with Gasteiger partial charge in [-0.2, -0.15) is 0 Å². The Kier molecular flexibility index (Phi) is 5.63. The van der Waals surface area contributed by atoms with E-state index in [0.29, 0.717) is 0 Å². The van der Waals surface area contributed by atoms with Gasteiger partial charge in [-0.3, -0.25) is 4.57 Å². The summed E-state index contributed by atoms with van der Waals surface area (Å²) in [5.41, 5.74) is 9.34. The summed E-state index contributed by atoms with van der Waals surface area (Å²) in [6.07, 6.45) is 0. The summed E-state index contributed by atoms with van der Waals surface area (Å²) < 4.78 is 4.79. The number of rotatable bonds is 3. The summed E-state index contributed by atoms with van der Waals surface area (Å²) in [4.78, 5) is 10.9. The van der Waals surface area contributed by atoms with Crippen LogP contribution in [0.5, 0.6) is 0 Å². The molecule has 0 bridgehead atoms. The van der Waals surface area contributed by atoms with Crippen molar-refractivity contribution >= 4 is 76.2 Å². The van der Waals surface area contributed by atoms with Gasteiger partial charge in [0.25, 0.3) is 0 Å².